The van der Waals surface area contributed by atoms with E-state index in [0.29, 0.717) is 18.9 Å². The second kappa shape index (κ2) is 3.95. The molecule has 2 rings (SSSR count). The van der Waals surface area contributed by atoms with E-state index in [0.717, 1.165) is 12.2 Å². The second-order valence-electron chi connectivity index (χ2n) is 4.05. The van der Waals surface area contributed by atoms with Gasteiger partial charge in [0, 0.05) is 19.3 Å². The number of anilines is 1. The van der Waals surface area contributed by atoms with Crippen molar-refractivity contribution in [1.82, 2.24) is 4.98 Å². The summed E-state index contributed by atoms with van der Waals surface area (Å²) in [6, 6.07) is 3.87. The van der Waals surface area contributed by atoms with Crippen LogP contribution in [0.15, 0.2) is 24.5 Å². The Balaban J connectivity index is 2.11. The molecule has 0 spiro atoms. The first kappa shape index (κ1) is 9.44. The van der Waals surface area contributed by atoms with Crippen LogP contribution in [0.25, 0.3) is 0 Å². The van der Waals surface area contributed by atoms with Crippen molar-refractivity contribution < 1.29 is 4.39 Å². The van der Waals surface area contributed by atoms with Gasteiger partial charge in [0.1, 0.15) is 6.17 Å². The van der Waals surface area contributed by atoms with Crippen LogP contribution in [0.4, 0.5) is 10.1 Å². The zero-order valence-corrected chi connectivity index (χ0v) is 8.36. The van der Waals surface area contributed by atoms with Gasteiger partial charge in [0.15, 0.2) is 0 Å². The number of rotatable bonds is 1. The summed E-state index contributed by atoms with van der Waals surface area (Å²) in [6.45, 7) is 3.54. The third-order valence-electron chi connectivity index (χ3n) is 2.62. The highest BCUT2D eigenvalue weighted by Gasteiger charge is 2.24. The van der Waals surface area contributed by atoms with Crippen LogP contribution in [0.3, 0.4) is 0 Å². The molecule has 0 bridgehead atoms. The summed E-state index contributed by atoms with van der Waals surface area (Å²) in [5.74, 6) is 0.430. The number of piperidine rings is 1. The van der Waals surface area contributed by atoms with E-state index in [1.54, 1.807) is 12.4 Å². The average Bonchev–Trinajstić information content (AvgIpc) is 2.18. The summed E-state index contributed by atoms with van der Waals surface area (Å²) >= 11 is 0. The smallest absolute Gasteiger partial charge is 0.118 e. The molecule has 14 heavy (non-hydrogen) atoms. The molecule has 1 aliphatic rings. The number of pyridine rings is 1. The molecule has 0 radical (unpaired) electrons. The fourth-order valence-corrected chi connectivity index (χ4v) is 2.03. The van der Waals surface area contributed by atoms with Gasteiger partial charge in [-0.25, -0.2) is 4.39 Å². The molecule has 0 amide bonds. The van der Waals surface area contributed by atoms with Crippen LogP contribution >= 0.6 is 0 Å². The van der Waals surface area contributed by atoms with Crippen molar-refractivity contribution in [1.29, 1.82) is 0 Å². The lowest BCUT2D eigenvalue weighted by molar-refractivity contribution is 0.246. The van der Waals surface area contributed by atoms with E-state index >= 15 is 0 Å². The predicted molar refractivity (Wildman–Crippen MR) is 55.1 cm³/mol. The molecular weight excluding hydrogens is 179 g/mol. The molecule has 1 aliphatic heterocycles. The molecule has 2 nitrogen and oxygen atoms in total. The van der Waals surface area contributed by atoms with E-state index in [9.17, 15) is 4.39 Å². The molecule has 0 aromatic carbocycles. The monoisotopic (exact) mass is 194 g/mol. The molecule has 1 aromatic rings. The van der Waals surface area contributed by atoms with Crippen molar-refractivity contribution in [2.24, 2.45) is 5.92 Å². The molecule has 2 atom stereocenters. The predicted octanol–water partition coefficient (Wildman–Crippen LogP) is 2.27. The standard InChI is InChI=1S/C11H15FN2/c1-9-5-10(12)8-14(7-9)11-3-2-4-13-6-11/h2-4,6,9-10H,5,7-8H2,1H3. The van der Waals surface area contributed by atoms with Crippen molar-refractivity contribution in [2.45, 2.75) is 19.5 Å². The zero-order valence-electron chi connectivity index (χ0n) is 8.36. The van der Waals surface area contributed by atoms with Crippen molar-refractivity contribution in [2.75, 3.05) is 18.0 Å². The average molecular weight is 194 g/mol. The Hall–Kier alpha value is -1.12. The van der Waals surface area contributed by atoms with Gasteiger partial charge < -0.3 is 4.90 Å². The molecule has 3 heteroatoms. The highest BCUT2D eigenvalue weighted by molar-refractivity contribution is 5.44. The summed E-state index contributed by atoms with van der Waals surface area (Å²) < 4.78 is 13.3. The van der Waals surface area contributed by atoms with Gasteiger partial charge in [-0.15, -0.1) is 0 Å². The summed E-state index contributed by atoms with van der Waals surface area (Å²) in [6.07, 6.45) is 3.53. The first-order chi connectivity index (χ1) is 6.75. The van der Waals surface area contributed by atoms with Gasteiger partial charge in [0.05, 0.1) is 11.9 Å². The third kappa shape index (κ3) is 2.03. The minimum absolute atomic E-state index is 0.430. The van der Waals surface area contributed by atoms with Crippen LogP contribution in [-0.4, -0.2) is 24.2 Å². The highest BCUT2D eigenvalue weighted by atomic mass is 19.1. The van der Waals surface area contributed by atoms with Crippen LogP contribution in [-0.2, 0) is 0 Å². The number of alkyl halides is 1. The molecule has 2 unspecified atom stereocenters. The quantitative estimate of drug-likeness (QED) is 0.681. The lowest BCUT2D eigenvalue weighted by atomic mass is 9.98. The van der Waals surface area contributed by atoms with E-state index in [1.807, 2.05) is 12.1 Å². The first-order valence-corrected chi connectivity index (χ1v) is 5.05. The summed E-state index contributed by atoms with van der Waals surface area (Å²) in [5, 5.41) is 0. The van der Waals surface area contributed by atoms with Crippen LogP contribution < -0.4 is 4.90 Å². The molecule has 1 saturated heterocycles. The van der Waals surface area contributed by atoms with Gasteiger partial charge in [-0.1, -0.05) is 6.92 Å². The number of hydrogen-bond acceptors (Lipinski definition) is 2. The maximum absolute atomic E-state index is 13.3. The molecule has 0 N–H and O–H groups in total. The van der Waals surface area contributed by atoms with Crippen LogP contribution in [0, 0.1) is 5.92 Å². The van der Waals surface area contributed by atoms with E-state index < -0.39 is 6.17 Å². The van der Waals surface area contributed by atoms with E-state index in [4.69, 9.17) is 0 Å². The van der Waals surface area contributed by atoms with Crippen LogP contribution in [0.2, 0.25) is 0 Å². The normalized spacial score (nSPS) is 27.7. The summed E-state index contributed by atoms with van der Waals surface area (Å²) in [4.78, 5) is 6.12. The van der Waals surface area contributed by atoms with Gasteiger partial charge in [-0.3, -0.25) is 4.98 Å². The highest BCUT2D eigenvalue weighted by Crippen LogP contribution is 2.23. The Morgan fingerprint density at radius 1 is 1.50 bits per heavy atom. The summed E-state index contributed by atoms with van der Waals surface area (Å²) in [5.41, 5.74) is 1.03. The molecular formula is C11H15FN2. The Morgan fingerprint density at radius 2 is 2.36 bits per heavy atom. The molecule has 0 saturated carbocycles. The van der Waals surface area contributed by atoms with E-state index in [2.05, 4.69) is 16.8 Å². The van der Waals surface area contributed by atoms with Crippen LogP contribution in [0.5, 0.6) is 0 Å². The van der Waals surface area contributed by atoms with Crippen molar-refractivity contribution >= 4 is 5.69 Å². The lowest BCUT2D eigenvalue weighted by Crippen LogP contribution is -2.40. The first-order valence-electron chi connectivity index (χ1n) is 5.05. The topological polar surface area (TPSA) is 16.1 Å². The Bertz CT molecular complexity index is 279. The second-order valence-corrected chi connectivity index (χ2v) is 4.05. The molecule has 1 aromatic heterocycles. The van der Waals surface area contributed by atoms with Gasteiger partial charge in [-0.2, -0.15) is 0 Å². The van der Waals surface area contributed by atoms with Crippen LogP contribution in [0.1, 0.15) is 13.3 Å². The number of halogens is 1. The maximum Gasteiger partial charge on any atom is 0.118 e. The van der Waals surface area contributed by atoms with Crippen molar-refractivity contribution in [3.8, 4) is 0 Å². The SMILES string of the molecule is CC1CC(F)CN(c2cccnc2)C1. The van der Waals surface area contributed by atoms with E-state index in [-0.39, 0.29) is 0 Å². The maximum atomic E-state index is 13.3. The zero-order chi connectivity index (χ0) is 9.97. The van der Waals surface area contributed by atoms with Gasteiger partial charge in [0.25, 0.3) is 0 Å². The molecule has 1 fully saturated rings. The Labute approximate surface area is 83.8 Å². The van der Waals surface area contributed by atoms with Gasteiger partial charge in [0.2, 0.25) is 0 Å². The number of aromatic nitrogens is 1. The molecule has 0 aliphatic carbocycles. The molecule has 2 heterocycles. The van der Waals surface area contributed by atoms with Gasteiger partial charge >= 0.3 is 0 Å². The Morgan fingerprint density at radius 3 is 3.00 bits per heavy atom. The molecule has 76 valence electrons. The number of nitrogens with zero attached hydrogens (tertiary/aromatic N) is 2. The largest absolute Gasteiger partial charge is 0.367 e. The summed E-state index contributed by atoms with van der Waals surface area (Å²) in [7, 11) is 0. The van der Waals surface area contributed by atoms with E-state index in [1.165, 1.54) is 0 Å². The minimum Gasteiger partial charge on any atom is -0.367 e. The van der Waals surface area contributed by atoms with Crippen molar-refractivity contribution in [3.05, 3.63) is 24.5 Å². The van der Waals surface area contributed by atoms with Crippen molar-refractivity contribution in [3.63, 3.8) is 0 Å². The fraction of sp³-hybridized carbons (Fsp3) is 0.545. The van der Waals surface area contributed by atoms with Gasteiger partial charge in [-0.05, 0) is 24.5 Å². The minimum atomic E-state index is -0.695. The fourth-order valence-electron chi connectivity index (χ4n) is 2.03. The number of hydrogen-bond donors (Lipinski definition) is 0. The lowest BCUT2D eigenvalue weighted by Gasteiger charge is -2.34. The Kier molecular flexibility index (Phi) is 2.66. The third-order valence-corrected chi connectivity index (χ3v) is 2.62.